The molecular formula is C45H51BrCl2F6I5N2O8S2V2. The van der Waals surface area contributed by atoms with Gasteiger partial charge in [0, 0.05) is 41.8 Å². The second-order valence-corrected chi connectivity index (χ2v) is 63.5. The summed E-state index contributed by atoms with van der Waals surface area (Å²) in [5.41, 5.74) is -0.679. The second kappa shape index (κ2) is 39.0. The summed E-state index contributed by atoms with van der Waals surface area (Å²) in [5, 5.41) is 9.69. The maximum absolute atomic E-state index is 13.0. The number of amides is 2. The van der Waals surface area contributed by atoms with Crippen molar-refractivity contribution < 1.29 is 79.2 Å². The number of likely N-dealkylation sites (tertiary alicyclic amines) is 2. The van der Waals surface area contributed by atoms with E-state index in [1.807, 2.05) is 0 Å². The van der Waals surface area contributed by atoms with Crippen molar-refractivity contribution in [1.29, 1.82) is 0 Å². The van der Waals surface area contributed by atoms with Crippen molar-refractivity contribution in [3.05, 3.63) is 129 Å². The van der Waals surface area contributed by atoms with E-state index in [2.05, 4.69) is 116 Å². The fourth-order valence-corrected chi connectivity index (χ4v) is 6.85. The van der Waals surface area contributed by atoms with Gasteiger partial charge in [-0.15, -0.1) is 0 Å². The average molecular weight is 1810 g/mol. The Kier molecular flexibility index (Phi) is 40.4. The van der Waals surface area contributed by atoms with Crippen molar-refractivity contribution in [2.45, 2.75) is 82.4 Å². The van der Waals surface area contributed by atoms with Gasteiger partial charge < -0.3 is 29.1 Å². The summed E-state index contributed by atoms with van der Waals surface area (Å²) in [7, 11) is 0.628. The van der Waals surface area contributed by atoms with Crippen molar-refractivity contribution >= 4 is 190 Å². The number of carbonyl (C=O) groups is 4. The van der Waals surface area contributed by atoms with E-state index in [0.29, 0.717) is 44.2 Å². The van der Waals surface area contributed by atoms with Gasteiger partial charge in [-0.05, 0) is 106 Å². The van der Waals surface area contributed by atoms with E-state index in [4.69, 9.17) is 42.5 Å². The first-order valence-corrected chi connectivity index (χ1v) is 44.5. The van der Waals surface area contributed by atoms with E-state index in [1.54, 1.807) is 41.0 Å². The molecule has 0 saturated carbocycles. The predicted octanol–water partition coefficient (Wildman–Crippen LogP) is 16.1. The third-order valence-corrected chi connectivity index (χ3v) is 10.9. The number of halogens is 14. The molecule has 0 spiro atoms. The molecular weight excluding hydrogens is 1760 g/mol. The Morgan fingerprint density at radius 3 is 1.38 bits per heavy atom. The third-order valence-electron chi connectivity index (χ3n) is 9.46. The maximum atomic E-state index is 13.0. The molecule has 10 nitrogen and oxygen atoms in total. The molecule has 0 aliphatic carbocycles. The van der Waals surface area contributed by atoms with Crippen molar-refractivity contribution in [2.75, 3.05) is 26.2 Å². The van der Waals surface area contributed by atoms with Crippen LogP contribution in [-0.4, -0.2) is 77.0 Å². The fraction of sp³-hybridized carbons (Fsp3) is 0.378. The van der Waals surface area contributed by atoms with Crippen molar-refractivity contribution in [2.24, 2.45) is 0 Å². The summed E-state index contributed by atoms with van der Waals surface area (Å²) >= 11 is 27.1. The number of esters is 2. The molecule has 73 heavy (non-hydrogen) atoms. The monoisotopic (exact) mass is 1810 g/mol. The Hall–Kier alpha value is 0.519. The van der Waals surface area contributed by atoms with E-state index in [-0.39, 0.29) is 62.7 Å². The Labute approximate surface area is 520 Å². The zero-order chi connectivity index (χ0) is 52.8. The van der Waals surface area contributed by atoms with Crippen LogP contribution in [0, 0.1) is 0 Å². The summed E-state index contributed by atoms with van der Waals surface area (Å²) in [6.45, 7) is 5.76. The van der Waals surface area contributed by atoms with Gasteiger partial charge in [0.1, 0.15) is 16.3 Å². The average Bonchev–Trinajstić information content (AvgIpc) is 4.05. The molecule has 4 aromatic rings. The summed E-state index contributed by atoms with van der Waals surface area (Å²) in [6.07, 6.45) is -8.33. The summed E-state index contributed by atoms with van der Waals surface area (Å²) in [4.78, 5) is 52.0. The molecule has 409 valence electrons. The first-order valence-electron chi connectivity index (χ1n) is 20.3. The SMILES string of the molecule is C.CC(OC(=O)C(Br)c1ccc(Cl)cc1)C(=O)N1CCCC1.CC(OC(=O)[C@H](Oc1cccc(C(F)(F)F)c1)c1ccc(Cl)cc1)C(=O)N1CCCC1.Oc1cccc(C(F)(F)F)c1.S.S.[I][V]([I])[I].[I][V][I]. The van der Waals surface area contributed by atoms with Crippen LogP contribution >= 0.6 is 166 Å². The van der Waals surface area contributed by atoms with Gasteiger partial charge in [-0.25, -0.2) is 4.79 Å². The Balaban J connectivity index is 0. The summed E-state index contributed by atoms with van der Waals surface area (Å²) in [5.74, 6) is -2.35. The number of hydrogen-bond donors (Lipinski definition) is 1. The van der Waals surface area contributed by atoms with Gasteiger partial charge in [0.05, 0.1) is 11.1 Å². The van der Waals surface area contributed by atoms with Crippen LogP contribution in [0.25, 0.3) is 0 Å². The molecule has 28 heteroatoms. The van der Waals surface area contributed by atoms with Crippen LogP contribution in [0.4, 0.5) is 26.3 Å². The minimum absolute atomic E-state index is 0. The van der Waals surface area contributed by atoms with Crippen molar-refractivity contribution in [3.8, 4) is 11.5 Å². The number of alkyl halides is 7. The Morgan fingerprint density at radius 2 is 1.01 bits per heavy atom. The second-order valence-electron chi connectivity index (χ2n) is 14.5. The molecule has 2 saturated heterocycles. The number of phenols is 1. The van der Waals surface area contributed by atoms with Crippen LogP contribution in [0.1, 0.15) is 80.1 Å². The molecule has 2 heterocycles. The van der Waals surface area contributed by atoms with Gasteiger partial charge in [-0.2, -0.15) is 53.3 Å². The number of rotatable bonds is 10. The zero-order valence-corrected chi connectivity index (χ0v) is 56.3. The van der Waals surface area contributed by atoms with Crippen LogP contribution in [0.2, 0.25) is 10.0 Å². The number of aromatic hydroxyl groups is 1. The van der Waals surface area contributed by atoms with Crippen molar-refractivity contribution in [1.82, 2.24) is 9.80 Å². The molecule has 0 bridgehead atoms. The van der Waals surface area contributed by atoms with Gasteiger partial charge in [0.2, 0.25) is 6.10 Å². The molecule has 2 amide bonds. The number of phenolic OH excluding ortho intramolecular Hbond substituents is 1. The Morgan fingerprint density at radius 1 is 0.658 bits per heavy atom. The number of nitrogens with zero attached hydrogens (tertiary/aromatic N) is 2. The molecule has 2 aliphatic heterocycles. The van der Waals surface area contributed by atoms with E-state index in [0.717, 1.165) is 68.6 Å². The Bertz CT molecular complexity index is 2270. The molecule has 4 aromatic carbocycles. The third kappa shape index (κ3) is 29.5. The molecule has 0 aromatic heterocycles. The van der Waals surface area contributed by atoms with Crippen LogP contribution in [0.15, 0.2) is 97.1 Å². The van der Waals surface area contributed by atoms with Gasteiger partial charge in [0.25, 0.3) is 11.8 Å². The van der Waals surface area contributed by atoms with Crippen LogP contribution in [0.3, 0.4) is 0 Å². The first kappa shape index (κ1) is 75.6. The van der Waals surface area contributed by atoms with Gasteiger partial charge >= 0.3 is 139 Å². The van der Waals surface area contributed by atoms with E-state index in [9.17, 15) is 45.5 Å². The predicted molar refractivity (Wildman–Crippen MR) is 323 cm³/mol. The molecule has 0 radical (unpaired) electrons. The van der Waals surface area contributed by atoms with E-state index >= 15 is 0 Å². The molecule has 3 unspecified atom stereocenters. The van der Waals surface area contributed by atoms with Crippen LogP contribution < -0.4 is 4.74 Å². The zero-order valence-electron chi connectivity index (χ0n) is 37.6. The molecule has 2 fully saturated rings. The summed E-state index contributed by atoms with van der Waals surface area (Å²) in [6, 6.07) is 21.1. The number of hydrogen-bond acceptors (Lipinski definition) is 8. The topological polar surface area (TPSA) is 123 Å². The molecule has 2 aliphatic rings. The van der Waals surface area contributed by atoms with E-state index in [1.165, 1.54) is 49.4 Å². The van der Waals surface area contributed by atoms with Crippen molar-refractivity contribution in [3.63, 3.8) is 0 Å². The number of ether oxygens (including phenoxy) is 3. The number of benzene rings is 4. The molecule has 1 N–H and O–H groups in total. The van der Waals surface area contributed by atoms with Gasteiger partial charge in [-0.1, -0.05) is 83.0 Å². The first-order chi connectivity index (χ1) is 32.8. The van der Waals surface area contributed by atoms with E-state index < -0.39 is 58.6 Å². The van der Waals surface area contributed by atoms with Crippen LogP contribution in [0.5, 0.6) is 11.5 Å². The fourth-order valence-electron chi connectivity index (χ4n) is 6.18. The minimum atomic E-state index is -4.56. The van der Waals surface area contributed by atoms with Gasteiger partial charge in [-0.3, -0.25) is 14.4 Å². The molecule has 6 rings (SSSR count). The quantitative estimate of drug-likeness (QED) is 0.0721. The standard InChI is InChI=1S/C22H21ClF3NO4.C15H17BrClNO3.C7H5F3O.CH4.5HI.2H2S.2V/c1-14(20(28)27-11-2-3-12-27)30-21(29)19(15-7-9-17(23)10-8-15)31-18-6-4-5-16(13-18)22(24,25)26;1-10(14(19)18-8-2-3-9-18)21-15(20)13(16)11-4-6-12(17)7-5-11;8-7(9,10)5-2-1-3-6(11)4-5;;;;;;;;;;/h4-10,13-14,19H,2-3,11-12H2,1H3;4-7,10,13H,2-3,8-9H2,1H3;1-4,11H;1H4;5*1H;2*1H2;;/q;;;;;;;;;;;+2;+3/p-5/t14?,19-;;;;;;;;;;;;/m1............/s1. The molecule has 4 atom stereocenters. The van der Waals surface area contributed by atoms with Crippen LogP contribution in [-0.2, 0) is 55.4 Å². The number of carbonyl (C=O) groups excluding carboxylic acids is 4. The normalized spacial score (nSPS) is 14.2. The summed E-state index contributed by atoms with van der Waals surface area (Å²) < 4.78 is 90.9. The van der Waals surface area contributed by atoms with Gasteiger partial charge in [0.15, 0.2) is 12.2 Å².